The Bertz CT molecular complexity index is 580. The van der Waals surface area contributed by atoms with Crippen LogP contribution in [-0.4, -0.2) is 6.54 Å². The second kappa shape index (κ2) is 7.57. The van der Waals surface area contributed by atoms with Crippen LogP contribution in [0.4, 0.5) is 4.39 Å². The van der Waals surface area contributed by atoms with E-state index in [1.54, 1.807) is 17.4 Å². The van der Waals surface area contributed by atoms with Gasteiger partial charge < -0.3 is 10.1 Å². The molecule has 0 spiro atoms. The summed E-state index contributed by atoms with van der Waals surface area (Å²) in [5.74, 6) is 1.01. The van der Waals surface area contributed by atoms with Crippen LogP contribution in [0.5, 0.6) is 5.75 Å². The van der Waals surface area contributed by atoms with E-state index in [1.807, 2.05) is 6.92 Å². The average Bonchev–Trinajstić information content (AvgIpc) is 2.87. The maximum Gasteiger partial charge on any atom is 0.126 e. The van der Waals surface area contributed by atoms with Gasteiger partial charge in [0, 0.05) is 22.4 Å². The first-order valence-electron chi connectivity index (χ1n) is 7.22. The van der Waals surface area contributed by atoms with Gasteiger partial charge in [-0.15, -0.1) is 11.3 Å². The van der Waals surface area contributed by atoms with E-state index >= 15 is 0 Å². The SMILES string of the molecule is Cc1ccc(F)cc1OCc1ccc(CNCC(C)C)s1. The minimum Gasteiger partial charge on any atom is -0.488 e. The van der Waals surface area contributed by atoms with Gasteiger partial charge in [-0.2, -0.15) is 0 Å². The fourth-order valence-corrected chi connectivity index (χ4v) is 2.86. The van der Waals surface area contributed by atoms with E-state index in [1.165, 1.54) is 17.0 Å². The van der Waals surface area contributed by atoms with Gasteiger partial charge in [0.2, 0.25) is 0 Å². The Labute approximate surface area is 130 Å². The van der Waals surface area contributed by atoms with Crippen molar-refractivity contribution in [2.45, 2.75) is 33.9 Å². The van der Waals surface area contributed by atoms with Gasteiger partial charge in [-0.05, 0) is 43.1 Å². The summed E-state index contributed by atoms with van der Waals surface area (Å²) in [6.45, 7) is 8.71. The molecule has 21 heavy (non-hydrogen) atoms. The van der Waals surface area contributed by atoms with Gasteiger partial charge in [-0.25, -0.2) is 4.39 Å². The molecule has 2 nitrogen and oxygen atoms in total. The van der Waals surface area contributed by atoms with Crippen LogP contribution in [0, 0.1) is 18.7 Å². The maximum absolute atomic E-state index is 13.2. The van der Waals surface area contributed by atoms with Crippen molar-refractivity contribution in [1.29, 1.82) is 0 Å². The zero-order valence-electron chi connectivity index (χ0n) is 12.8. The van der Waals surface area contributed by atoms with Gasteiger partial charge in [0.05, 0.1) is 0 Å². The number of rotatable bonds is 7. The molecule has 0 fully saturated rings. The smallest absolute Gasteiger partial charge is 0.126 e. The van der Waals surface area contributed by atoms with Crippen LogP contribution in [0.2, 0.25) is 0 Å². The van der Waals surface area contributed by atoms with Gasteiger partial charge >= 0.3 is 0 Å². The molecule has 1 heterocycles. The fourth-order valence-electron chi connectivity index (χ4n) is 1.96. The lowest BCUT2D eigenvalue weighted by molar-refractivity contribution is 0.306. The zero-order valence-corrected chi connectivity index (χ0v) is 13.6. The second-order valence-electron chi connectivity index (χ2n) is 5.59. The summed E-state index contributed by atoms with van der Waals surface area (Å²) in [4.78, 5) is 2.45. The Morgan fingerprint density at radius 3 is 2.71 bits per heavy atom. The molecule has 1 aromatic carbocycles. The van der Waals surface area contributed by atoms with E-state index in [9.17, 15) is 4.39 Å². The fraction of sp³-hybridized carbons (Fsp3) is 0.412. The Morgan fingerprint density at radius 2 is 1.95 bits per heavy atom. The summed E-state index contributed by atoms with van der Waals surface area (Å²) in [5.41, 5.74) is 0.951. The maximum atomic E-state index is 13.2. The molecule has 0 aliphatic rings. The summed E-state index contributed by atoms with van der Waals surface area (Å²) >= 11 is 1.73. The molecule has 4 heteroatoms. The molecule has 0 aliphatic carbocycles. The molecule has 0 bridgehead atoms. The van der Waals surface area contributed by atoms with Crippen LogP contribution in [0.15, 0.2) is 30.3 Å². The first kappa shape index (κ1) is 16.0. The molecule has 0 saturated carbocycles. The Balaban J connectivity index is 1.86. The lowest BCUT2D eigenvalue weighted by Crippen LogP contribution is -2.18. The molecule has 2 aromatic rings. The molecule has 0 aliphatic heterocycles. The number of ether oxygens (including phenoxy) is 1. The topological polar surface area (TPSA) is 21.3 Å². The minimum absolute atomic E-state index is 0.264. The van der Waals surface area contributed by atoms with E-state index < -0.39 is 0 Å². The van der Waals surface area contributed by atoms with Gasteiger partial charge in [0.1, 0.15) is 18.2 Å². The quantitative estimate of drug-likeness (QED) is 0.812. The number of benzene rings is 1. The Kier molecular flexibility index (Phi) is 5.76. The molecule has 0 saturated heterocycles. The summed E-state index contributed by atoms with van der Waals surface area (Å²) in [7, 11) is 0. The zero-order chi connectivity index (χ0) is 15.2. The molecule has 1 aromatic heterocycles. The highest BCUT2D eigenvalue weighted by molar-refractivity contribution is 7.11. The molecule has 2 rings (SSSR count). The number of aryl methyl sites for hydroxylation is 1. The van der Waals surface area contributed by atoms with Crippen molar-refractivity contribution in [3.05, 3.63) is 51.5 Å². The number of halogens is 1. The van der Waals surface area contributed by atoms with E-state index in [4.69, 9.17) is 4.74 Å². The standard InChI is InChI=1S/C17H22FNOS/c1-12(2)9-19-10-15-6-7-16(21-15)11-20-17-8-14(18)5-4-13(17)3/h4-8,12,19H,9-11H2,1-3H3. The van der Waals surface area contributed by atoms with E-state index in [2.05, 4.69) is 31.3 Å². The van der Waals surface area contributed by atoms with Gasteiger partial charge in [0.25, 0.3) is 0 Å². The van der Waals surface area contributed by atoms with Crippen LogP contribution in [0.3, 0.4) is 0 Å². The van der Waals surface area contributed by atoms with E-state index in [0.717, 1.165) is 23.5 Å². The van der Waals surface area contributed by atoms with Crippen LogP contribution in [0.25, 0.3) is 0 Å². The lowest BCUT2D eigenvalue weighted by Gasteiger charge is -2.08. The van der Waals surface area contributed by atoms with Crippen molar-refractivity contribution in [2.75, 3.05) is 6.54 Å². The number of nitrogens with one attached hydrogen (secondary N) is 1. The Morgan fingerprint density at radius 1 is 1.19 bits per heavy atom. The van der Waals surface area contributed by atoms with E-state index in [0.29, 0.717) is 18.3 Å². The number of thiophene rings is 1. The predicted octanol–water partition coefficient (Wildman–Crippen LogP) is 4.52. The summed E-state index contributed by atoms with van der Waals surface area (Å²) in [6, 6.07) is 8.82. The van der Waals surface area contributed by atoms with Crippen LogP contribution >= 0.6 is 11.3 Å². The molecule has 0 unspecified atom stereocenters. The highest BCUT2D eigenvalue weighted by Gasteiger charge is 2.05. The molecule has 0 radical (unpaired) electrons. The van der Waals surface area contributed by atoms with Crippen LogP contribution in [-0.2, 0) is 13.2 Å². The normalized spacial score (nSPS) is 11.1. The van der Waals surface area contributed by atoms with Gasteiger partial charge in [-0.3, -0.25) is 0 Å². The number of hydrogen-bond acceptors (Lipinski definition) is 3. The highest BCUT2D eigenvalue weighted by atomic mass is 32.1. The van der Waals surface area contributed by atoms with Crippen molar-refractivity contribution in [3.63, 3.8) is 0 Å². The molecule has 1 N–H and O–H groups in total. The van der Waals surface area contributed by atoms with Gasteiger partial charge in [-0.1, -0.05) is 19.9 Å². The minimum atomic E-state index is -0.264. The van der Waals surface area contributed by atoms with Crippen molar-refractivity contribution < 1.29 is 9.13 Å². The molecule has 0 atom stereocenters. The van der Waals surface area contributed by atoms with Crippen LogP contribution < -0.4 is 10.1 Å². The predicted molar refractivity (Wildman–Crippen MR) is 86.3 cm³/mol. The van der Waals surface area contributed by atoms with Crippen molar-refractivity contribution in [3.8, 4) is 5.75 Å². The monoisotopic (exact) mass is 307 g/mol. The van der Waals surface area contributed by atoms with Crippen molar-refractivity contribution in [1.82, 2.24) is 5.32 Å². The van der Waals surface area contributed by atoms with E-state index in [-0.39, 0.29) is 5.82 Å². The molecule has 114 valence electrons. The summed E-state index contributed by atoms with van der Waals surface area (Å²) < 4.78 is 18.9. The third kappa shape index (κ3) is 5.14. The van der Waals surface area contributed by atoms with Crippen molar-refractivity contribution in [2.24, 2.45) is 5.92 Å². The second-order valence-corrected chi connectivity index (χ2v) is 6.84. The number of hydrogen-bond donors (Lipinski definition) is 1. The largest absolute Gasteiger partial charge is 0.488 e. The molecular weight excluding hydrogens is 285 g/mol. The first-order chi connectivity index (χ1) is 10.0. The van der Waals surface area contributed by atoms with Crippen LogP contribution in [0.1, 0.15) is 29.2 Å². The third-order valence-electron chi connectivity index (χ3n) is 3.09. The third-order valence-corrected chi connectivity index (χ3v) is 4.15. The summed E-state index contributed by atoms with van der Waals surface area (Å²) in [6.07, 6.45) is 0. The summed E-state index contributed by atoms with van der Waals surface area (Å²) in [5, 5.41) is 3.42. The van der Waals surface area contributed by atoms with Gasteiger partial charge in [0.15, 0.2) is 0 Å². The first-order valence-corrected chi connectivity index (χ1v) is 8.03. The Hall–Kier alpha value is -1.39. The molecule has 0 amide bonds. The average molecular weight is 307 g/mol. The molecular formula is C17H22FNOS. The lowest BCUT2D eigenvalue weighted by atomic mass is 10.2. The van der Waals surface area contributed by atoms with Crippen molar-refractivity contribution >= 4 is 11.3 Å². The highest BCUT2D eigenvalue weighted by Crippen LogP contribution is 2.22.